The molecule has 1 aliphatic heterocycles. The van der Waals surface area contributed by atoms with Gasteiger partial charge in [0.05, 0.1) is 13.2 Å². The summed E-state index contributed by atoms with van der Waals surface area (Å²) in [4.78, 5) is 6.68. The average molecular weight is 435 g/mol. The van der Waals surface area contributed by atoms with Crippen LogP contribution in [0.3, 0.4) is 0 Å². The molecule has 0 radical (unpaired) electrons. The Kier molecular flexibility index (Phi) is 9.70. The van der Waals surface area contributed by atoms with E-state index in [9.17, 15) is 0 Å². The second-order valence-corrected chi connectivity index (χ2v) is 6.35. The van der Waals surface area contributed by atoms with Crippen molar-refractivity contribution in [1.29, 1.82) is 0 Å². The molecule has 1 aromatic rings. The highest BCUT2D eigenvalue weighted by Crippen LogP contribution is 2.15. The maximum absolute atomic E-state index is 6.07. The summed E-state index contributed by atoms with van der Waals surface area (Å²) in [6.07, 6.45) is 2.23. The van der Waals surface area contributed by atoms with Crippen molar-refractivity contribution < 1.29 is 4.74 Å². The monoisotopic (exact) mass is 435 g/mol. The average Bonchev–Trinajstić information content (AvgIpc) is 2.54. The summed E-state index contributed by atoms with van der Waals surface area (Å²) in [6, 6.07) is 8.13. The first-order valence-corrected chi connectivity index (χ1v) is 8.79. The van der Waals surface area contributed by atoms with Crippen LogP contribution in [0.4, 0.5) is 0 Å². The van der Waals surface area contributed by atoms with Gasteiger partial charge >= 0.3 is 0 Å². The Morgan fingerprint density at radius 2 is 2.14 bits per heavy atom. The quantitative estimate of drug-likeness (QED) is 0.322. The third-order valence-electron chi connectivity index (χ3n) is 3.42. The van der Waals surface area contributed by atoms with E-state index in [2.05, 4.69) is 28.9 Å². The summed E-state index contributed by atoms with van der Waals surface area (Å²) >= 11 is 1.97. The lowest BCUT2D eigenvalue weighted by molar-refractivity contribution is 0.309. The molecule has 1 fully saturated rings. The number of thioether (sulfide) groups is 1. The summed E-state index contributed by atoms with van der Waals surface area (Å²) in [6.45, 7) is 5.55. The summed E-state index contributed by atoms with van der Waals surface area (Å²) < 4.78 is 5.72. The van der Waals surface area contributed by atoms with E-state index in [1.165, 1.54) is 0 Å². The van der Waals surface area contributed by atoms with Crippen molar-refractivity contribution in [3.8, 4) is 5.75 Å². The Labute approximate surface area is 154 Å². The molecule has 0 aromatic heterocycles. The van der Waals surface area contributed by atoms with Crippen LogP contribution in [0.15, 0.2) is 29.3 Å². The number of hydrogen-bond acceptors (Lipinski definition) is 3. The van der Waals surface area contributed by atoms with Crippen molar-refractivity contribution in [2.24, 2.45) is 10.7 Å². The first kappa shape index (κ1) is 19.4. The van der Waals surface area contributed by atoms with Gasteiger partial charge in [0.15, 0.2) is 5.96 Å². The van der Waals surface area contributed by atoms with Gasteiger partial charge in [0.25, 0.3) is 0 Å². The lowest BCUT2D eigenvalue weighted by Gasteiger charge is -2.27. The van der Waals surface area contributed by atoms with E-state index >= 15 is 0 Å². The first-order chi connectivity index (χ1) is 10.3. The van der Waals surface area contributed by atoms with Crippen molar-refractivity contribution >= 4 is 41.7 Å². The van der Waals surface area contributed by atoms with Crippen molar-refractivity contribution in [3.63, 3.8) is 0 Å². The highest BCUT2D eigenvalue weighted by Gasteiger charge is 2.11. The van der Waals surface area contributed by atoms with Crippen LogP contribution in [0.2, 0.25) is 0 Å². The molecule has 0 aliphatic carbocycles. The second kappa shape index (κ2) is 11.0. The topological polar surface area (TPSA) is 50.9 Å². The number of nitrogens with two attached hydrogens (primary N) is 1. The van der Waals surface area contributed by atoms with E-state index < -0.39 is 0 Å². The minimum absolute atomic E-state index is 0. The zero-order valence-electron chi connectivity index (χ0n) is 13.2. The molecule has 22 heavy (non-hydrogen) atoms. The standard InChI is InChI=1S/C16H25N3OS.HI/c1-2-3-9-20-15-6-4-5-14(12-15)13-18-16(17)19-7-10-21-11-8-19;/h4-6,12H,2-3,7-11,13H2,1H3,(H2,17,18);1H. The molecule has 4 nitrogen and oxygen atoms in total. The van der Waals surface area contributed by atoms with Gasteiger partial charge < -0.3 is 15.4 Å². The predicted molar refractivity (Wildman–Crippen MR) is 106 cm³/mol. The van der Waals surface area contributed by atoms with Gasteiger partial charge in [0.1, 0.15) is 5.75 Å². The number of benzene rings is 1. The molecule has 0 unspecified atom stereocenters. The van der Waals surface area contributed by atoms with Gasteiger partial charge in [-0.15, -0.1) is 24.0 Å². The molecule has 0 bridgehead atoms. The zero-order valence-corrected chi connectivity index (χ0v) is 16.3. The molecule has 1 saturated heterocycles. The van der Waals surface area contributed by atoms with Crippen LogP contribution >= 0.6 is 35.7 Å². The molecule has 6 heteroatoms. The van der Waals surface area contributed by atoms with Gasteiger partial charge in [-0.2, -0.15) is 11.8 Å². The molecule has 124 valence electrons. The summed E-state index contributed by atoms with van der Waals surface area (Å²) in [7, 11) is 0. The molecule has 1 aliphatic rings. The number of halogens is 1. The predicted octanol–water partition coefficient (Wildman–Crippen LogP) is 3.35. The van der Waals surface area contributed by atoms with Crippen LogP contribution < -0.4 is 10.5 Å². The molecular weight excluding hydrogens is 409 g/mol. The van der Waals surface area contributed by atoms with E-state index in [1.54, 1.807) is 0 Å². The van der Waals surface area contributed by atoms with Gasteiger partial charge in [0, 0.05) is 24.6 Å². The minimum Gasteiger partial charge on any atom is -0.494 e. The van der Waals surface area contributed by atoms with Gasteiger partial charge in [-0.05, 0) is 24.1 Å². The Morgan fingerprint density at radius 3 is 2.86 bits per heavy atom. The van der Waals surface area contributed by atoms with E-state index in [1.807, 2.05) is 23.9 Å². The highest BCUT2D eigenvalue weighted by molar-refractivity contribution is 14.0. The first-order valence-electron chi connectivity index (χ1n) is 7.64. The lowest BCUT2D eigenvalue weighted by atomic mass is 10.2. The minimum atomic E-state index is 0. The molecule has 1 aromatic carbocycles. The normalized spacial score (nSPS) is 15.3. The third-order valence-corrected chi connectivity index (χ3v) is 4.37. The SMILES string of the molecule is CCCCOc1cccc(CN=C(N)N2CCSCC2)c1.I. The summed E-state index contributed by atoms with van der Waals surface area (Å²) in [5.41, 5.74) is 7.21. The number of hydrogen-bond donors (Lipinski definition) is 1. The number of unbranched alkanes of at least 4 members (excludes halogenated alkanes) is 1. The highest BCUT2D eigenvalue weighted by atomic mass is 127. The number of ether oxygens (including phenoxy) is 1. The van der Waals surface area contributed by atoms with Crippen molar-refractivity contribution in [2.45, 2.75) is 26.3 Å². The number of aliphatic imine (C=N–C) groups is 1. The Bertz CT molecular complexity index is 464. The fourth-order valence-electron chi connectivity index (χ4n) is 2.13. The van der Waals surface area contributed by atoms with Crippen LogP contribution in [0.5, 0.6) is 5.75 Å². The van der Waals surface area contributed by atoms with Crippen molar-refractivity contribution in [1.82, 2.24) is 4.90 Å². The van der Waals surface area contributed by atoms with E-state index in [-0.39, 0.29) is 24.0 Å². The zero-order chi connectivity index (χ0) is 14.9. The Hall–Kier alpha value is -0.630. The van der Waals surface area contributed by atoms with Crippen LogP contribution in [0.25, 0.3) is 0 Å². The maximum Gasteiger partial charge on any atom is 0.191 e. The van der Waals surface area contributed by atoms with E-state index in [0.717, 1.165) is 55.4 Å². The molecule has 2 N–H and O–H groups in total. The Morgan fingerprint density at radius 1 is 1.36 bits per heavy atom. The van der Waals surface area contributed by atoms with Gasteiger partial charge in [-0.25, -0.2) is 4.99 Å². The molecule has 0 atom stereocenters. The van der Waals surface area contributed by atoms with Crippen LogP contribution in [0.1, 0.15) is 25.3 Å². The van der Waals surface area contributed by atoms with Crippen molar-refractivity contribution in [3.05, 3.63) is 29.8 Å². The fraction of sp³-hybridized carbons (Fsp3) is 0.562. The van der Waals surface area contributed by atoms with Gasteiger partial charge in [-0.3, -0.25) is 0 Å². The Balaban J connectivity index is 0.00000242. The van der Waals surface area contributed by atoms with Crippen LogP contribution in [-0.2, 0) is 6.54 Å². The molecule has 2 rings (SSSR count). The van der Waals surface area contributed by atoms with Crippen molar-refractivity contribution in [2.75, 3.05) is 31.2 Å². The largest absolute Gasteiger partial charge is 0.494 e. The smallest absolute Gasteiger partial charge is 0.191 e. The van der Waals surface area contributed by atoms with Crippen LogP contribution in [-0.4, -0.2) is 42.1 Å². The van der Waals surface area contributed by atoms with E-state index in [0.29, 0.717) is 12.5 Å². The molecule has 0 amide bonds. The second-order valence-electron chi connectivity index (χ2n) is 5.12. The molecular formula is C16H26IN3OS. The van der Waals surface area contributed by atoms with Crippen LogP contribution in [0, 0.1) is 0 Å². The fourth-order valence-corrected chi connectivity index (χ4v) is 3.04. The summed E-state index contributed by atoms with van der Waals surface area (Å²) in [5.74, 6) is 3.85. The van der Waals surface area contributed by atoms with Gasteiger partial charge in [0.2, 0.25) is 0 Å². The van der Waals surface area contributed by atoms with Gasteiger partial charge in [-0.1, -0.05) is 25.5 Å². The molecule has 1 heterocycles. The number of nitrogens with zero attached hydrogens (tertiary/aromatic N) is 2. The third kappa shape index (κ3) is 6.64. The lowest BCUT2D eigenvalue weighted by Crippen LogP contribution is -2.42. The molecule has 0 spiro atoms. The van der Waals surface area contributed by atoms with E-state index in [4.69, 9.17) is 10.5 Å². The molecule has 0 saturated carbocycles. The maximum atomic E-state index is 6.07. The number of guanidine groups is 1. The number of rotatable bonds is 6. The summed E-state index contributed by atoms with van der Waals surface area (Å²) in [5, 5.41) is 0.